The number of β-lactam (4-membered cyclic amide) rings is 1. The number of ether oxygens (including phenoxy) is 3. The largest absolute Gasteiger partial charge is 0.497 e. The maximum Gasteiger partial charge on any atom is 0.280 e. The normalized spacial score (nSPS) is 15.8. The minimum atomic E-state index is -1.22. The number of carbonyl (C=O) groups excluding carboxylic acids is 2. The number of anilines is 1. The Morgan fingerprint density at radius 1 is 0.840 bits per heavy atom. The zero-order chi connectivity index (χ0) is 34.8. The summed E-state index contributed by atoms with van der Waals surface area (Å²) in [6, 6.07) is 31.1. The Bertz CT molecular complexity index is 2160. The highest BCUT2D eigenvalue weighted by atomic mass is 16.5. The monoisotopic (exact) mass is 672 g/mol. The number of hydroxylamine groups is 2. The Hall–Kier alpha value is -6.31. The number of hydrogen-bond acceptors (Lipinski definition) is 9. The van der Waals surface area contributed by atoms with Crippen LogP contribution in [0, 0.1) is 0 Å². The van der Waals surface area contributed by atoms with E-state index in [0.29, 0.717) is 22.1 Å². The summed E-state index contributed by atoms with van der Waals surface area (Å²) in [5, 5.41) is 14.1. The molecule has 2 atom stereocenters. The third-order valence-electron chi connectivity index (χ3n) is 8.80. The van der Waals surface area contributed by atoms with Crippen molar-refractivity contribution in [2.75, 3.05) is 26.1 Å². The van der Waals surface area contributed by atoms with Gasteiger partial charge in [-0.2, -0.15) is 4.98 Å². The summed E-state index contributed by atoms with van der Waals surface area (Å²) in [7, 11) is 3.18. The van der Waals surface area contributed by atoms with Gasteiger partial charge in [0.05, 0.1) is 27.2 Å². The van der Waals surface area contributed by atoms with Gasteiger partial charge in [0.1, 0.15) is 29.2 Å². The first-order valence-corrected chi connectivity index (χ1v) is 15.7. The number of rotatable bonds is 11. The Balaban J connectivity index is 1.27. The summed E-state index contributed by atoms with van der Waals surface area (Å²) in [4.78, 5) is 50.3. The first-order valence-electron chi connectivity index (χ1n) is 15.7. The van der Waals surface area contributed by atoms with Gasteiger partial charge in [0.15, 0.2) is 11.2 Å². The molecular weight excluding hydrogens is 640 g/mol. The lowest BCUT2D eigenvalue weighted by molar-refractivity contribution is -0.226. The van der Waals surface area contributed by atoms with Crippen LogP contribution < -0.4 is 20.3 Å². The van der Waals surface area contributed by atoms with Crippen LogP contribution in [0.2, 0.25) is 0 Å². The van der Waals surface area contributed by atoms with Crippen molar-refractivity contribution in [3.63, 3.8) is 0 Å². The van der Waals surface area contributed by atoms with Crippen molar-refractivity contribution in [1.82, 2.24) is 24.6 Å². The highest BCUT2D eigenvalue weighted by molar-refractivity contribution is 6.03. The van der Waals surface area contributed by atoms with Crippen molar-refractivity contribution in [1.29, 1.82) is 0 Å². The molecular formula is C37H32N6O7. The molecule has 2 amide bonds. The van der Waals surface area contributed by atoms with Crippen LogP contribution in [0.5, 0.6) is 11.5 Å². The summed E-state index contributed by atoms with van der Waals surface area (Å²) in [5.41, 5.74) is 0.867. The maximum absolute atomic E-state index is 13.3. The number of aromatic nitrogens is 4. The van der Waals surface area contributed by atoms with E-state index in [9.17, 15) is 19.6 Å². The second-order valence-corrected chi connectivity index (χ2v) is 11.6. The molecule has 252 valence electrons. The molecule has 0 radical (unpaired) electrons. The first-order chi connectivity index (χ1) is 24.3. The van der Waals surface area contributed by atoms with E-state index in [2.05, 4.69) is 20.3 Å². The van der Waals surface area contributed by atoms with Crippen LogP contribution in [0.4, 0.5) is 5.95 Å². The number of aromatic amines is 1. The molecule has 0 aliphatic carbocycles. The van der Waals surface area contributed by atoms with E-state index in [1.54, 1.807) is 44.6 Å². The molecule has 1 aliphatic heterocycles. The summed E-state index contributed by atoms with van der Waals surface area (Å²) in [6.45, 7) is -0.152. The summed E-state index contributed by atoms with van der Waals surface area (Å²) < 4.78 is 19.2. The highest BCUT2D eigenvalue weighted by Crippen LogP contribution is 2.43. The number of benzene rings is 4. The fourth-order valence-corrected chi connectivity index (χ4v) is 6.22. The van der Waals surface area contributed by atoms with Crippen LogP contribution in [0.25, 0.3) is 11.2 Å². The van der Waals surface area contributed by atoms with Gasteiger partial charge in [0.2, 0.25) is 5.95 Å². The van der Waals surface area contributed by atoms with Gasteiger partial charge in [-0.15, -0.1) is 0 Å². The van der Waals surface area contributed by atoms with E-state index >= 15 is 0 Å². The topological polar surface area (TPSA) is 161 Å². The van der Waals surface area contributed by atoms with Gasteiger partial charge >= 0.3 is 0 Å². The number of imidazole rings is 1. The molecule has 0 bridgehead atoms. The molecule has 3 N–H and O–H groups in total. The molecule has 13 heteroatoms. The Morgan fingerprint density at radius 3 is 1.98 bits per heavy atom. The van der Waals surface area contributed by atoms with Crippen LogP contribution in [-0.2, 0) is 15.1 Å². The third kappa shape index (κ3) is 5.63. The molecule has 4 aromatic carbocycles. The lowest BCUT2D eigenvalue weighted by atomic mass is 9.79. The van der Waals surface area contributed by atoms with E-state index in [4.69, 9.17) is 14.2 Å². The Morgan fingerprint density at radius 2 is 1.40 bits per heavy atom. The molecule has 3 heterocycles. The molecule has 1 saturated heterocycles. The average molecular weight is 673 g/mol. The number of H-pyrrole nitrogens is 1. The smallest absolute Gasteiger partial charge is 0.280 e. The molecule has 2 unspecified atom stereocenters. The van der Waals surface area contributed by atoms with E-state index in [1.165, 1.54) is 10.9 Å². The zero-order valence-electron chi connectivity index (χ0n) is 27.0. The van der Waals surface area contributed by atoms with Crippen molar-refractivity contribution in [3.8, 4) is 11.5 Å². The van der Waals surface area contributed by atoms with Gasteiger partial charge in [0.25, 0.3) is 17.4 Å². The van der Waals surface area contributed by atoms with Crippen molar-refractivity contribution < 1.29 is 29.0 Å². The minimum absolute atomic E-state index is 0.0401. The number of amides is 2. The quantitative estimate of drug-likeness (QED) is 0.102. The second kappa shape index (κ2) is 13.3. The summed E-state index contributed by atoms with van der Waals surface area (Å²) >= 11 is 0. The molecule has 7 rings (SSSR count). The molecule has 2 aromatic heterocycles. The first kappa shape index (κ1) is 32.2. The lowest BCUT2D eigenvalue weighted by Gasteiger charge is -2.45. The molecule has 6 aromatic rings. The van der Waals surface area contributed by atoms with Crippen LogP contribution >= 0.6 is 0 Å². The lowest BCUT2D eigenvalue weighted by Crippen LogP contribution is -2.62. The molecule has 1 aliphatic rings. The fraction of sp³-hybridized carbons (Fsp3) is 0.162. The van der Waals surface area contributed by atoms with Crippen LogP contribution in [0.1, 0.15) is 33.1 Å². The SMILES string of the molecule is COc1ccc(C(OCC2C(n3cnc4c(=O)[nH]c(NC(=O)c5ccccc5)nc43)C(=O)N2O)(c2ccccc2)c2ccc(OC)cc2)cc1. The van der Waals surface area contributed by atoms with Gasteiger partial charge in [-0.1, -0.05) is 72.8 Å². The number of nitrogens with one attached hydrogen (secondary N) is 2. The average Bonchev–Trinajstić information content (AvgIpc) is 3.58. The molecule has 0 saturated carbocycles. The predicted molar refractivity (Wildman–Crippen MR) is 182 cm³/mol. The maximum atomic E-state index is 13.3. The number of nitrogens with zero attached hydrogens (tertiary/aromatic N) is 4. The van der Waals surface area contributed by atoms with E-state index in [1.807, 2.05) is 78.9 Å². The second-order valence-electron chi connectivity index (χ2n) is 11.6. The van der Waals surface area contributed by atoms with Gasteiger partial charge in [-0.25, -0.2) is 10.0 Å². The van der Waals surface area contributed by atoms with Crippen LogP contribution in [0.15, 0.2) is 120 Å². The number of hydrogen-bond donors (Lipinski definition) is 3. The minimum Gasteiger partial charge on any atom is -0.497 e. The van der Waals surface area contributed by atoms with Crippen molar-refractivity contribution in [2.24, 2.45) is 0 Å². The molecule has 0 spiro atoms. The summed E-state index contributed by atoms with van der Waals surface area (Å²) in [5.74, 6) is 0.0616. The molecule has 50 heavy (non-hydrogen) atoms. The summed E-state index contributed by atoms with van der Waals surface area (Å²) in [6.07, 6.45) is 1.32. The number of methoxy groups -OCH3 is 2. The Labute approximate surface area is 285 Å². The van der Waals surface area contributed by atoms with Gasteiger partial charge < -0.3 is 14.2 Å². The van der Waals surface area contributed by atoms with Gasteiger partial charge in [-0.3, -0.25) is 34.5 Å². The van der Waals surface area contributed by atoms with Crippen molar-refractivity contribution >= 4 is 28.9 Å². The zero-order valence-corrected chi connectivity index (χ0v) is 27.0. The molecule has 1 fully saturated rings. The van der Waals surface area contributed by atoms with E-state index < -0.39 is 35.1 Å². The predicted octanol–water partition coefficient (Wildman–Crippen LogP) is 4.54. The van der Waals surface area contributed by atoms with Gasteiger partial charge in [-0.05, 0) is 53.1 Å². The van der Waals surface area contributed by atoms with Crippen molar-refractivity contribution in [3.05, 3.63) is 148 Å². The van der Waals surface area contributed by atoms with Crippen LogP contribution in [0.3, 0.4) is 0 Å². The number of fused-ring (bicyclic) bond motifs is 1. The highest BCUT2D eigenvalue weighted by Gasteiger charge is 2.51. The number of carbonyl (C=O) groups is 2. The van der Waals surface area contributed by atoms with Crippen LogP contribution in [-0.4, -0.2) is 68.5 Å². The Kier molecular flexibility index (Phi) is 8.58. The van der Waals surface area contributed by atoms with Crippen molar-refractivity contribution in [2.45, 2.75) is 17.7 Å². The van der Waals surface area contributed by atoms with E-state index in [-0.39, 0.29) is 23.7 Å². The standard InChI is InChI=1S/C37H32N6O7/c1-48-27-17-13-25(14-18-27)37(24-11-7-4-8-12-24,26-15-19-28(49-2)20-16-26)50-21-29-31(35(46)43(29)47)42-22-38-30-32(42)39-36(41-34(30)45)40-33(44)23-9-5-3-6-10-23/h3-20,22,29,31,47H,21H2,1-2H3,(H2,39,40,41,44,45). The van der Waals surface area contributed by atoms with E-state index in [0.717, 1.165) is 16.7 Å². The fourth-order valence-electron chi connectivity index (χ4n) is 6.22. The third-order valence-corrected chi connectivity index (χ3v) is 8.80. The van der Waals surface area contributed by atoms with Gasteiger partial charge in [0, 0.05) is 5.56 Å². The molecule has 13 nitrogen and oxygen atoms in total.